The third-order valence-corrected chi connectivity index (χ3v) is 5.13. The van der Waals surface area contributed by atoms with Gasteiger partial charge in [-0.3, -0.25) is 14.8 Å². The number of aliphatic hydroxyl groups is 2. The molecular formula is C22H25ClN6O3. The van der Waals surface area contributed by atoms with Crippen molar-refractivity contribution >= 4 is 41.7 Å². The fourth-order valence-electron chi connectivity index (χ4n) is 3.13. The Balaban J connectivity index is 1.64. The number of amides is 2. The molecule has 0 bridgehead atoms. The van der Waals surface area contributed by atoms with Crippen molar-refractivity contribution in [3.05, 3.63) is 65.5 Å². The van der Waals surface area contributed by atoms with E-state index >= 15 is 0 Å². The van der Waals surface area contributed by atoms with Crippen LogP contribution in [0.2, 0.25) is 5.02 Å². The number of carbonyl (C=O) groups is 1. The van der Waals surface area contributed by atoms with Gasteiger partial charge in [0.05, 0.1) is 0 Å². The quantitative estimate of drug-likeness (QED) is 0.319. The van der Waals surface area contributed by atoms with Crippen LogP contribution in [-0.2, 0) is 0 Å². The molecule has 1 unspecified atom stereocenters. The molecule has 9 nitrogen and oxygen atoms in total. The average Bonchev–Trinajstić information content (AvgIpc) is 2.96. The van der Waals surface area contributed by atoms with E-state index in [2.05, 4.69) is 27.0 Å². The molecule has 2 aromatic rings. The summed E-state index contributed by atoms with van der Waals surface area (Å²) in [4.78, 5) is 26.7. The Labute approximate surface area is 191 Å². The number of aliphatic imine (C=N–C) groups is 1. The normalized spacial score (nSPS) is 17.2. The first-order valence-corrected chi connectivity index (χ1v) is 10.3. The number of β-amino-alcohol motifs (C(OH)–C–C–N with tert-alkyl or cyclic N) is 2. The van der Waals surface area contributed by atoms with Crippen LogP contribution in [0.1, 0.15) is 18.9 Å². The molecular weight excluding hydrogens is 432 g/mol. The van der Waals surface area contributed by atoms with Gasteiger partial charge in [-0.2, -0.15) is 4.98 Å². The van der Waals surface area contributed by atoms with Crippen molar-refractivity contribution in [3.63, 3.8) is 0 Å². The first-order chi connectivity index (χ1) is 15.2. The minimum Gasteiger partial charge on any atom is -0.351 e. The van der Waals surface area contributed by atoms with Gasteiger partial charge in [-0.1, -0.05) is 35.9 Å². The molecule has 1 aromatic heterocycles. The second kappa shape index (κ2) is 9.90. The number of halogens is 1. The van der Waals surface area contributed by atoms with E-state index in [0.717, 1.165) is 16.0 Å². The van der Waals surface area contributed by atoms with Crippen molar-refractivity contribution in [2.24, 2.45) is 4.99 Å². The standard InChI is InChI=1S/C22H25ClN6O3/c1-15(6-4-8-17(13-24-2)16-7-5-9-18(23)12-16)26-20-25-11-10-19(27-20)29-14-22(31,32)28(3)21(29)30/h4-5,7-13,15,31-32H,2,6,14H2,1,3H3,(H,25,26,27)/b8-4-,17-13+. The Kier molecular flexibility index (Phi) is 7.24. The van der Waals surface area contributed by atoms with Crippen molar-refractivity contribution < 1.29 is 15.0 Å². The maximum Gasteiger partial charge on any atom is 0.329 e. The highest BCUT2D eigenvalue weighted by molar-refractivity contribution is 6.30. The van der Waals surface area contributed by atoms with Gasteiger partial charge in [-0.15, -0.1) is 0 Å². The predicted octanol–water partition coefficient (Wildman–Crippen LogP) is 3.13. The molecule has 1 atom stereocenters. The highest BCUT2D eigenvalue weighted by Crippen LogP contribution is 2.25. The lowest BCUT2D eigenvalue weighted by atomic mass is 10.1. The van der Waals surface area contributed by atoms with Crippen molar-refractivity contribution in [1.29, 1.82) is 0 Å². The number of nitrogens with one attached hydrogen (secondary N) is 1. The van der Waals surface area contributed by atoms with E-state index in [1.807, 2.05) is 43.3 Å². The van der Waals surface area contributed by atoms with E-state index in [1.54, 1.807) is 6.20 Å². The number of hydrogen-bond acceptors (Lipinski definition) is 7. The maximum atomic E-state index is 12.3. The number of aromatic nitrogens is 2. The number of hydrogen-bond donors (Lipinski definition) is 3. The fourth-order valence-corrected chi connectivity index (χ4v) is 3.32. The summed E-state index contributed by atoms with van der Waals surface area (Å²) < 4.78 is 0. The van der Waals surface area contributed by atoms with Gasteiger partial charge < -0.3 is 15.5 Å². The van der Waals surface area contributed by atoms with Crippen LogP contribution in [0.5, 0.6) is 0 Å². The topological polar surface area (TPSA) is 114 Å². The number of urea groups is 1. The van der Waals surface area contributed by atoms with Crippen LogP contribution < -0.4 is 10.2 Å². The molecule has 10 heteroatoms. The molecule has 0 aliphatic carbocycles. The lowest BCUT2D eigenvalue weighted by molar-refractivity contribution is -0.214. The molecule has 0 spiro atoms. The van der Waals surface area contributed by atoms with Gasteiger partial charge in [0.25, 0.3) is 5.91 Å². The van der Waals surface area contributed by atoms with Crippen LogP contribution in [-0.4, -0.2) is 63.4 Å². The molecule has 2 heterocycles. The van der Waals surface area contributed by atoms with Gasteiger partial charge in [-0.25, -0.2) is 9.78 Å². The molecule has 1 aliphatic rings. The van der Waals surface area contributed by atoms with Gasteiger partial charge in [0.15, 0.2) is 0 Å². The number of anilines is 2. The average molecular weight is 457 g/mol. The smallest absolute Gasteiger partial charge is 0.329 e. The minimum atomic E-state index is -2.25. The number of likely N-dealkylation sites (N-methyl/N-ethyl adjacent to an activating group) is 1. The summed E-state index contributed by atoms with van der Waals surface area (Å²) in [6.45, 7) is 5.18. The molecule has 2 amide bonds. The molecule has 168 valence electrons. The lowest BCUT2D eigenvalue weighted by Gasteiger charge is -2.20. The predicted molar refractivity (Wildman–Crippen MR) is 126 cm³/mol. The number of nitrogens with zero attached hydrogens (tertiary/aromatic N) is 5. The zero-order valence-electron chi connectivity index (χ0n) is 17.8. The molecule has 32 heavy (non-hydrogen) atoms. The van der Waals surface area contributed by atoms with Crippen LogP contribution in [0.25, 0.3) is 5.57 Å². The molecule has 1 saturated heterocycles. The summed E-state index contributed by atoms with van der Waals surface area (Å²) in [6, 6.07) is 8.43. The van der Waals surface area contributed by atoms with Crippen LogP contribution in [0.4, 0.5) is 16.6 Å². The number of benzene rings is 1. The third-order valence-electron chi connectivity index (χ3n) is 4.89. The molecule has 1 fully saturated rings. The Morgan fingerprint density at radius 2 is 2.22 bits per heavy atom. The summed E-state index contributed by atoms with van der Waals surface area (Å²) in [6.07, 6.45) is 7.76. The van der Waals surface area contributed by atoms with E-state index in [1.165, 1.54) is 24.2 Å². The second-order valence-corrected chi connectivity index (χ2v) is 7.84. The highest BCUT2D eigenvalue weighted by Gasteiger charge is 2.46. The van der Waals surface area contributed by atoms with Gasteiger partial charge in [0.2, 0.25) is 5.95 Å². The monoisotopic (exact) mass is 456 g/mol. The largest absolute Gasteiger partial charge is 0.351 e. The van der Waals surface area contributed by atoms with Crippen LogP contribution >= 0.6 is 11.6 Å². The number of allylic oxidation sites excluding steroid dienone is 2. The Bertz CT molecular complexity index is 1060. The molecule has 1 aliphatic heterocycles. The SMILES string of the molecule is C=N/C=C(\C=C/CC(C)Nc1nccc(N2CC(O)(O)N(C)C2=O)n1)c1cccc(Cl)c1. The second-order valence-electron chi connectivity index (χ2n) is 7.40. The van der Waals surface area contributed by atoms with Gasteiger partial charge in [0, 0.05) is 30.5 Å². The molecule has 1 aromatic carbocycles. The summed E-state index contributed by atoms with van der Waals surface area (Å²) in [7, 11) is 1.31. The Morgan fingerprint density at radius 1 is 1.44 bits per heavy atom. The van der Waals surface area contributed by atoms with E-state index in [4.69, 9.17) is 11.6 Å². The van der Waals surface area contributed by atoms with E-state index < -0.39 is 11.9 Å². The lowest BCUT2D eigenvalue weighted by Crippen LogP contribution is -2.44. The molecule has 0 radical (unpaired) electrons. The Morgan fingerprint density at radius 3 is 2.88 bits per heavy atom. The Hall–Kier alpha value is -3.27. The van der Waals surface area contributed by atoms with Gasteiger partial charge in [0.1, 0.15) is 12.4 Å². The first-order valence-electron chi connectivity index (χ1n) is 9.89. The fraction of sp³-hybridized carbons (Fsp3) is 0.273. The molecule has 3 rings (SSSR count). The number of carbonyl (C=O) groups excluding carboxylic acids is 1. The van der Waals surface area contributed by atoms with Crippen LogP contribution in [0.3, 0.4) is 0 Å². The zero-order valence-corrected chi connectivity index (χ0v) is 18.6. The van der Waals surface area contributed by atoms with Gasteiger partial charge >= 0.3 is 6.03 Å². The molecule has 3 N–H and O–H groups in total. The zero-order chi connectivity index (χ0) is 23.3. The van der Waals surface area contributed by atoms with Crippen molar-refractivity contribution in [2.75, 3.05) is 23.8 Å². The van der Waals surface area contributed by atoms with Gasteiger partial charge in [-0.05, 0) is 49.4 Å². The third kappa shape index (κ3) is 5.50. The first kappa shape index (κ1) is 23.4. The minimum absolute atomic E-state index is 0.0227. The summed E-state index contributed by atoms with van der Waals surface area (Å²) in [5, 5.41) is 23.6. The molecule has 0 saturated carbocycles. The number of rotatable bonds is 8. The summed E-state index contributed by atoms with van der Waals surface area (Å²) in [5.74, 6) is -1.65. The maximum absolute atomic E-state index is 12.3. The van der Waals surface area contributed by atoms with E-state index in [0.29, 0.717) is 17.4 Å². The van der Waals surface area contributed by atoms with Crippen molar-refractivity contribution in [2.45, 2.75) is 25.3 Å². The van der Waals surface area contributed by atoms with E-state index in [9.17, 15) is 15.0 Å². The van der Waals surface area contributed by atoms with Crippen LogP contribution in [0, 0.1) is 0 Å². The van der Waals surface area contributed by atoms with E-state index in [-0.39, 0.29) is 18.4 Å². The summed E-state index contributed by atoms with van der Waals surface area (Å²) in [5.41, 5.74) is 1.81. The van der Waals surface area contributed by atoms with Crippen molar-refractivity contribution in [3.8, 4) is 0 Å². The summed E-state index contributed by atoms with van der Waals surface area (Å²) >= 11 is 6.08. The van der Waals surface area contributed by atoms with Crippen molar-refractivity contribution in [1.82, 2.24) is 14.9 Å². The highest BCUT2D eigenvalue weighted by atomic mass is 35.5. The van der Waals surface area contributed by atoms with Crippen LogP contribution in [0.15, 0.2) is 59.9 Å².